The lowest BCUT2D eigenvalue weighted by Crippen LogP contribution is -2.50. The maximum absolute atomic E-state index is 14.4. The normalized spacial score (nSPS) is 15.9. The number of rotatable bonds is 4. The van der Waals surface area contributed by atoms with Crippen LogP contribution in [0.5, 0.6) is 0 Å². The Kier molecular flexibility index (Phi) is 7.13. The summed E-state index contributed by atoms with van der Waals surface area (Å²) < 4.78 is 21.4. The van der Waals surface area contributed by atoms with E-state index in [1.165, 1.54) is 23.5 Å². The van der Waals surface area contributed by atoms with Gasteiger partial charge in [0.05, 0.1) is 16.6 Å². The number of benzene rings is 1. The van der Waals surface area contributed by atoms with E-state index < -0.39 is 17.5 Å². The van der Waals surface area contributed by atoms with Crippen LogP contribution in [-0.4, -0.2) is 51.4 Å². The number of alkyl carbamates (subject to hydrolysis) is 1. The van der Waals surface area contributed by atoms with Crippen molar-refractivity contribution in [2.24, 2.45) is 7.05 Å². The van der Waals surface area contributed by atoms with Crippen LogP contribution in [0.1, 0.15) is 48.8 Å². The smallest absolute Gasteiger partial charge is 0.407 e. The Morgan fingerprint density at radius 2 is 2.06 bits per heavy atom. The van der Waals surface area contributed by atoms with Crippen LogP contribution in [0.15, 0.2) is 36.7 Å². The number of nitrogens with one attached hydrogen (secondary N) is 1. The van der Waals surface area contributed by atoms with Gasteiger partial charge in [-0.15, -0.1) is 11.3 Å². The summed E-state index contributed by atoms with van der Waals surface area (Å²) in [5.74, 6) is -0.764. The first-order valence-corrected chi connectivity index (χ1v) is 12.5. The van der Waals surface area contributed by atoms with Crippen molar-refractivity contribution in [3.05, 3.63) is 52.9 Å². The molecule has 1 aliphatic heterocycles. The highest BCUT2D eigenvalue weighted by Gasteiger charge is 2.29. The number of nitrogens with zero attached hydrogens (tertiary/aromatic N) is 4. The monoisotopic (exact) mass is 509 g/mol. The molecule has 0 radical (unpaired) electrons. The van der Waals surface area contributed by atoms with Gasteiger partial charge in [-0.05, 0) is 57.4 Å². The van der Waals surface area contributed by atoms with Crippen molar-refractivity contribution in [3.63, 3.8) is 0 Å². The molecular weight excluding hydrogens is 481 g/mol. The van der Waals surface area contributed by atoms with Crippen molar-refractivity contribution in [1.82, 2.24) is 20.0 Å². The van der Waals surface area contributed by atoms with Crippen LogP contribution in [0.4, 0.5) is 9.18 Å². The van der Waals surface area contributed by atoms with Gasteiger partial charge in [0.1, 0.15) is 17.5 Å². The summed E-state index contributed by atoms with van der Waals surface area (Å²) >= 11 is 1.32. The van der Waals surface area contributed by atoms with E-state index in [2.05, 4.69) is 10.4 Å². The van der Waals surface area contributed by atoms with E-state index >= 15 is 0 Å². The van der Waals surface area contributed by atoms with Gasteiger partial charge in [0.25, 0.3) is 5.91 Å². The molecule has 0 bridgehead atoms. The predicted octanol–water partition coefficient (Wildman–Crippen LogP) is 4.96. The minimum atomic E-state index is -0.613. The zero-order chi connectivity index (χ0) is 26.0. The lowest BCUT2D eigenvalue weighted by atomic mass is 10.0. The molecule has 1 aromatic carbocycles. The molecule has 1 aliphatic rings. The second-order valence-corrected chi connectivity index (χ2v) is 10.9. The number of ether oxygens (including phenoxy) is 1. The maximum Gasteiger partial charge on any atom is 0.407 e. The Morgan fingerprint density at radius 1 is 1.28 bits per heavy atom. The molecule has 8 nitrogen and oxygen atoms in total. The molecule has 1 saturated heterocycles. The average Bonchev–Trinajstić information content (AvgIpc) is 3.44. The number of carbonyl (C=O) groups excluding carboxylic acids is 2. The summed E-state index contributed by atoms with van der Waals surface area (Å²) in [6.07, 6.45) is 4.54. The number of halogens is 1. The Hall–Kier alpha value is -3.71. The number of amides is 2. The molecule has 1 N–H and O–H groups in total. The number of piperidine rings is 1. The predicted molar refractivity (Wildman–Crippen MR) is 135 cm³/mol. The standard InChI is InChI=1S/C26H28FN5O3S/c1-26(2,3)35-25(34)30-19-6-5-9-32(15-19)24(33)22-11-20(16-7-8-17(12-28)21(27)10-16)23(36-22)18-13-29-31(4)14-18/h7-8,10-11,13-14,19H,5-6,9,15H2,1-4H3,(H,30,34)/t19-/m1/s1. The van der Waals surface area contributed by atoms with Gasteiger partial charge < -0.3 is 15.0 Å². The number of hydrogen-bond acceptors (Lipinski definition) is 6. The minimum Gasteiger partial charge on any atom is -0.444 e. The summed E-state index contributed by atoms with van der Waals surface area (Å²) in [5.41, 5.74) is 1.44. The zero-order valence-corrected chi connectivity index (χ0v) is 21.5. The molecule has 4 rings (SSSR count). The molecular formula is C26H28FN5O3S. The lowest BCUT2D eigenvalue weighted by molar-refractivity contribution is 0.0453. The van der Waals surface area contributed by atoms with E-state index in [1.807, 2.05) is 12.3 Å². The van der Waals surface area contributed by atoms with Crippen molar-refractivity contribution < 1.29 is 18.7 Å². The SMILES string of the molecule is Cn1cc(-c2sc(C(=O)N3CCC[C@@H](NC(=O)OC(C)(C)C)C3)cc2-c2ccc(C#N)c(F)c2)cn1. The van der Waals surface area contributed by atoms with Gasteiger partial charge >= 0.3 is 6.09 Å². The molecule has 2 aromatic heterocycles. The molecule has 2 amide bonds. The van der Waals surface area contributed by atoms with Gasteiger partial charge in [0, 0.05) is 48.4 Å². The highest BCUT2D eigenvalue weighted by molar-refractivity contribution is 7.18. The van der Waals surface area contributed by atoms with Crippen molar-refractivity contribution in [2.75, 3.05) is 13.1 Å². The van der Waals surface area contributed by atoms with Crippen molar-refractivity contribution in [3.8, 4) is 27.6 Å². The first kappa shape index (κ1) is 25.4. The number of aryl methyl sites for hydroxylation is 1. The second-order valence-electron chi connectivity index (χ2n) is 9.80. The Balaban J connectivity index is 1.61. The van der Waals surface area contributed by atoms with E-state index in [0.717, 1.165) is 23.3 Å². The number of aromatic nitrogens is 2. The third kappa shape index (κ3) is 5.74. The largest absolute Gasteiger partial charge is 0.444 e. The molecule has 1 fully saturated rings. The Bertz CT molecular complexity index is 1330. The summed E-state index contributed by atoms with van der Waals surface area (Å²) in [7, 11) is 1.80. The summed E-state index contributed by atoms with van der Waals surface area (Å²) in [6.45, 7) is 6.36. The summed E-state index contributed by atoms with van der Waals surface area (Å²) in [6, 6.07) is 7.83. The number of hydrogen-bond donors (Lipinski definition) is 1. The Labute approximate surface area is 213 Å². The number of carbonyl (C=O) groups is 2. The highest BCUT2D eigenvalue weighted by Crippen LogP contribution is 2.40. The van der Waals surface area contributed by atoms with Crippen molar-refractivity contribution in [2.45, 2.75) is 45.3 Å². The quantitative estimate of drug-likeness (QED) is 0.536. The number of likely N-dealkylation sites (tertiary alicyclic amines) is 1. The fraction of sp³-hybridized carbons (Fsp3) is 0.385. The van der Waals surface area contributed by atoms with Gasteiger partial charge in [-0.3, -0.25) is 9.48 Å². The van der Waals surface area contributed by atoms with Crippen molar-refractivity contribution in [1.29, 1.82) is 5.26 Å². The topological polar surface area (TPSA) is 100 Å². The molecule has 36 heavy (non-hydrogen) atoms. The molecule has 0 saturated carbocycles. The van der Waals surface area contributed by atoms with Crippen LogP contribution < -0.4 is 5.32 Å². The van der Waals surface area contributed by atoms with Crippen LogP contribution in [0, 0.1) is 17.1 Å². The van der Waals surface area contributed by atoms with Crippen LogP contribution in [0.3, 0.4) is 0 Å². The van der Waals surface area contributed by atoms with Crippen molar-refractivity contribution >= 4 is 23.3 Å². The third-order valence-electron chi connectivity index (χ3n) is 5.74. The molecule has 1 atom stereocenters. The second kappa shape index (κ2) is 10.1. The van der Waals surface area contributed by atoms with Crippen LogP contribution >= 0.6 is 11.3 Å². The van der Waals surface area contributed by atoms with E-state index in [1.54, 1.807) is 55.7 Å². The molecule has 3 aromatic rings. The lowest BCUT2D eigenvalue weighted by Gasteiger charge is -2.33. The maximum atomic E-state index is 14.4. The van der Waals surface area contributed by atoms with E-state index in [4.69, 9.17) is 10.00 Å². The molecule has 188 valence electrons. The first-order chi connectivity index (χ1) is 17.0. The van der Waals surface area contributed by atoms with Gasteiger partial charge in [-0.25, -0.2) is 9.18 Å². The van der Waals surface area contributed by atoms with Gasteiger partial charge in [-0.1, -0.05) is 6.07 Å². The number of nitriles is 1. The molecule has 0 unspecified atom stereocenters. The highest BCUT2D eigenvalue weighted by atomic mass is 32.1. The van der Waals surface area contributed by atoms with Crippen LogP contribution in [0.2, 0.25) is 0 Å². The van der Waals surface area contributed by atoms with E-state index in [-0.39, 0.29) is 17.5 Å². The zero-order valence-electron chi connectivity index (χ0n) is 20.7. The fourth-order valence-corrected chi connectivity index (χ4v) is 5.27. The summed E-state index contributed by atoms with van der Waals surface area (Å²) in [5, 5.41) is 16.2. The van der Waals surface area contributed by atoms with E-state index in [9.17, 15) is 14.0 Å². The summed E-state index contributed by atoms with van der Waals surface area (Å²) in [4.78, 5) is 28.8. The molecule has 3 heterocycles. The van der Waals surface area contributed by atoms with Crippen LogP contribution in [0.25, 0.3) is 21.6 Å². The fourth-order valence-electron chi connectivity index (χ4n) is 4.15. The third-order valence-corrected chi connectivity index (χ3v) is 6.91. The number of thiophene rings is 1. The molecule has 10 heteroatoms. The molecule has 0 spiro atoms. The van der Waals surface area contributed by atoms with Gasteiger partial charge in [-0.2, -0.15) is 10.4 Å². The Morgan fingerprint density at radius 3 is 2.69 bits per heavy atom. The minimum absolute atomic E-state index is 0.0370. The van der Waals surface area contributed by atoms with Crippen LogP contribution in [-0.2, 0) is 11.8 Å². The molecule has 0 aliphatic carbocycles. The van der Waals surface area contributed by atoms with Gasteiger partial charge in [0.15, 0.2) is 0 Å². The average molecular weight is 510 g/mol. The first-order valence-electron chi connectivity index (χ1n) is 11.7. The van der Waals surface area contributed by atoms with Gasteiger partial charge in [0.2, 0.25) is 0 Å². The van der Waals surface area contributed by atoms with E-state index in [0.29, 0.717) is 29.1 Å².